The Kier molecular flexibility index (Phi) is 3.65. The number of aromatic nitrogens is 3. The minimum Gasteiger partial charge on any atom is -0.396 e. The Bertz CT molecular complexity index is 453. The van der Waals surface area contributed by atoms with Crippen LogP contribution in [0.4, 0.5) is 13.2 Å². The quantitative estimate of drug-likeness (QED) is 0.825. The fourth-order valence-corrected chi connectivity index (χ4v) is 1.33. The van der Waals surface area contributed by atoms with Crippen molar-refractivity contribution in [3.05, 3.63) is 11.4 Å². The van der Waals surface area contributed by atoms with Gasteiger partial charge in [-0.3, -0.25) is 4.79 Å². The summed E-state index contributed by atoms with van der Waals surface area (Å²) in [4.78, 5) is 10.9. The van der Waals surface area contributed by atoms with E-state index >= 15 is 0 Å². The summed E-state index contributed by atoms with van der Waals surface area (Å²) in [5.41, 5.74) is 1.77. The molecular weight excluding hydrogens is 253 g/mol. The minimum absolute atomic E-state index is 0.237. The van der Waals surface area contributed by atoms with Crippen molar-refractivity contribution >= 4 is 5.91 Å². The highest BCUT2D eigenvalue weighted by molar-refractivity contribution is 5.91. The number of amides is 1. The van der Waals surface area contributed by atoms with E-state index in [1.165, 1.54) is 0 Å². The summed E-state index contributed by atoms with van der Waals surface area (Å²) in [6, 6.07) is 0. The van der Waals surface area contributed by atoms with Crippen LogP contribution in [0.5, 0.6) is 0 Å². The van der Waals surface area contributed by atoms with Gasteiger partial charge in [-0.15, -0.1) is 5.10 Å². The largest absolute Gasteiger partial charge is 0.435 e. The third-order valence-electron chi connectivity index (χ3n) is 2.24. The van der Waals surface area contributed by atoms with E-state index in [-0.39, 0.29) is 13.2 Å². The molecular formula is C9H13F3N4O2. The van der Waals surface area contributed by atoms with Crippen LogP contribution in [0.3, 0.4) is 0 Å². The van der Waals surface area contributed by atoms with Crippen LogP contribution in [-0.2, 0) is 12.7 Å². The first-order chi connectivity index (χ1) is 8.08. The summed E-state index contributed by atoms with van der Waals surface area (Å²) in [6.07, 6.45) is -4.79. The van der Waals surface area contributed by atoms with E-state index in [4.69, 9.17) is 10.8 Å². The van der Waals surface area contributed by atoms with Gasteiger partial charge < -0.3 is 10.8 Å². The van der Waals surface area contributed by atoms with Crippen LogP contribution in [-0.4, -0.2) is 32.6 Å². The third-order valence-corrected chi connectivity index (χ3v) is 2.24. The van der Waals surface area contributed by atoms with Crippen LogP contribution in [0.25, 0.3) is 0 Å². The summed E-state index contributed by atoms with van der Waals surface area (Å²) < 4.78 is 39.0. The number of rotatable bonds is 4. The first-order valence-electron chi connectivity index (χ1n) is 5.00. The summed E-state index contributed by atoms with van der Waals surface area (Å²) in [5.74, 6) is -1.30. The van der Waals surface area contributed by atoms with Crippen LogP contribution in [0.15, 0.2) is 0 Å². The lowest BCUT2D eigenvalue weighted by molar-refractivity contribution is -0.145. The smallest absolute Gasteiger partial charge is 0.396 e. The molecule has 0 fully saturated rings. The van der Waals surface area contributed by atoms with E-state index in [0.717, 1.165) is 0 Å². The second kappa shape index (κ2) is 4.56. The monoisotopic (exact) mass is 266 g/mol. The second-order valence-electron chi connectivity index (χ2n) is 4.63. The molecule has 102 valence electrons. The van der Waals surface area contributed by atoms with Gasteiger partial charge in [0.2, 0.25) is 0 Å². The number of aliphatic hydroxyl groups is 1. The molecule has 0 saturated heterocycles. The number of primary amides is 1. The fraction of sp³-hybridized carbons (Fsp3) is 0.667. The number of aliphatic hydroxyl groups excluding tert-OH is 1. The molecule has 0 aliphatic heterocycles. The molecule has 1 aromatic heterocycles. The number of nitrogens with zero attached hydrogens (tertiary/aromatic N) is 3. The number of alkyl halides is 3. The van der Waals surface area contributed by atoms with Gasteiger partial charge in [0.15, 0.2) is 11.4 Å². The van der Waals surface area contributed by atoms with Crippen molar-refractivity contribution in [3.8, 4) is 0 Å². The number of halogens is 3. The maximum absolute atomic E-state index is 12.8. The van der Waals surface area contributed by atoms with E-state index in [0.29, 0.717) is 4.68 Å². The Morgan fingerprint density at radius 1 is 1.44 bits per heavy atom. The van der Waals surface area contributed by atoms with E-state index < -0.39 is 28.9 Å². The summed E-state index contributed by atoms with van der Waals surface area (Å²) in [5, 5.41) is 15.4. The highest BCUT2D eigenvalue weighted by Crippen LogP contribution is 2.32. The minimum atomic E-state index is -4.79. The molecule has 0 radical (unpaired) electrons. The Hall–Kier alpha value is -1.64. The van der Waals surface area contributed by atoms with Crippen LogP contribution in [0.2, 0.25) is 0 Å². The number of carbonyl (C=O) groups excluding carboxylic acids is 1. The normalized spacial score (nSPS) is 12.8. The topological polar surface area (TPSA) is 94.0 Å². The van der Waals surface area contributed by atoms with Gasteiger partial charge in [0, 0.05) is 12.0 Å². The van der Waals surface area contributed by atoms with Crippen molar-refractivity contribution in [2.75, 3.05) is 6.61 Å². The van der Waals surface area contributed by atoms with E-state index in [9.17, 15) is 18.0 Å². The van der Waals surface area contributed by atoms with Crippen LogP contribution < -0.4 is 5.73 Å². The lowest BCUT2D eigenvalue weighted by Gasteiger charge is -2.22. The van der Waals surface area contributed by atoms with Crippen molar-refractivity contribution in [1.29, 1.82) is 0 Å². The van der Waals surface area contributed by atoms with Gasteiger partial charge >= 0.3 is 6.18 Å². The fourth-order valence-electron chi connectivity index (χ4n) is 1.33. The molecule has 0 aliphatic rings. The molecule has 6 nitrogen and oxygen atoms in total. The molecule has 9 heteroatoms. The van der Waals surface area contributed by atoms with E-state index in [1.54, 1.807) is 13.8 Å². The molecule has 1 amide bonds. The average Bonchev–Trinajstić information content (AvgIpc) is 2.60. The van der Waals surface area contributed by atoms with Crippen LogP contribution in [0.1, 0.15) is 30.0 Å². The van der Waals surface area contributed by atoms with Crippen LogP contribution >= 0.6 is 0 Å². The zero-order valence-electron chi connectivity index (χ0n) is 9.82. The van der Waals surface area contributed by atoms with Gasteiger partial charge in [0.05, 0.1) is 6.54 Å². The number of carbonyl (C=O) groups is 1. The number of hydrogen-bond donors (Lipinski definition) is 2. The molecule has 1 rings (SSSR count). The molecule has 0 atom stereocenters. The Balaban J connectivity index is 3.26. The predicted molar refractivity (Wildman–Crippen MR) is 54.4 cm³/mol. The number of nitrogens with two attached hydrogens (primary N) is 1. The second-order valence-corrected chi connectivity index (χ2v) is 4.63. The van der Waals surface area contributed by atoms with Gasteiger partial charge in [-0.2, -0.15) is 13.2 Å². The van der Waals surface area contributed by atoms with Crippen molar-refractivity contribution in [1.82, 2.24) is 15.0 Å². The average molecular weight is 266 g/mol. The van der Waals surface area contributed by atoms with Gasteiger partial charge in [-0.05, 0) is 0 Å². The van der Waals surface area contributed by atoms with Gasteiger partial charge in [-0.1, -0.05) is 19.1 Å². The van der Waals surface area contributed by atoms with Crippen molar-refractivity contribution in [2.45, 2.75) is 26.6 Å². The van der Waals surface area contributed by atoms with E-state index in [2.05, 4.69) is 10.3 Å². The maximum Gasteiger partial charge on any atom is 0.435 e. The SMILES string of the molecule is CC(C)(CO)Cn1nnc(C(N)=O)c1C(F)(F)F. The maximum atomic E-state index is 12.8. The van der Waals surface area contributed by atoms with E-state index in [1.807, 2.05) is 0 Å². The highest BCUT2D eigenvalue weighted by atomic mass is 19.4. The Morgan fingerprint density at radius 3 is 2.39 bits per heavy atom. The number of hydrogen-bond acceptors (Lipinski definition) is 4. The lowest BCUT2D eigenvalue weighted by Crippen LogP contribution is -2.28. The summed E-state index contributed by atoms with van der Waals surface area (Å²) >= 11 is 0. The van der Waals surface area contributed by atoms with Gasteiger partial charge in [0.1, 0.15) is 0 Å². The highest BCUT2D eigenvalue weighted by Gasteiger charge is 2.41. The Labute approximate surface area is 101 Å². The standard InChI is InChI=1S/C9H13F3N4O2/c1-8(2,4-17)3-16-6(9(10,11)12)5(7(13)18)14-15-16/h17H,3-4H2,1-2H3,(H2,13,18). The van der Waals surface area contributed by atoms with Crippen molar-refractivity contribution in [3.63, 3.8) is 0 Å². The van der Waals surface area contributed by atoms with Gasteiger partial charge in [0.25, 0.3) is 5.91 Å². The molecule has 0 unspecified atom stereocenters. The molecule has 18 heavy (non-hydrogen) atoms. The first-order valence-corrected chi connectivity index (χ1v) is 5.00. The summed E-state index contributed by atoms with van der Waals surface area (Å²) in [6.45, 7) is 2.53. The molecule has 1 heterocycles. The predicted octanol–water partition coefficient (Wildman–Crippen LogP) is 0.414. The van der Waals surface area contributed by atoms with Crippen LogP contribution in [0, 0.1) is 5.41 Å². The van der Waals surface area contributed by atoms with Crippen molar-refractivity contribution < 1.29 is 23.1 Å². The van der Waals surface area contributed by atoms with Crippen molar-refractivity contribution in [2.24, 2.45) is 11.1 Å². The zero-order valence-corrected chi connectivity index (χ0v) is 9.82. The molecule has 0 bridgehead atoms. The Morgan fingerprint density at radius 2 is 2.00 bits per heavy atom. The summed E-state index contributed by atoms with van der Waals surface area (Å²) in [7, 11) is 0. The lowest BCUT2D eigenvalue weighted by atomic mass is 9.95. The third kappa shape index (κ3) is 2.97. The molecule has 0 saturated carbocycles. The van der Waals surface area contributed by atoms with Gasteiger partial charge in [-0.25, -0.2) is 4.68 Å². The molecule has 3 N–H and O–H groups in total. The first kappa shape index (κ1) is 14.4. The molecule has 1 aromatic rings. The molecule has 0 aromatic carbocycles. The molecule has 0 spiro atoms. The molecule has 0 aliphatic carbocycles. The zero-order chi connectivity index (χ0) is 14.1.